The van der Waals surface area contributed by atoms with Gasteiger partial charge >= 0.3 is 0 Å². The molecular weight excluding hydrogens is 352 g/mol. The summed E-state index contributed by atoms with van der Waals surface area (Å²) in [6, 6.07) is 6.00. The van der Waals surface area contributed by atoms with Crippen molar-refractivity contribution < 1.29 is 14.4 Å². The number of likely N-dealkylation sites (tertiary alicyclic amines) is 1. The minimum absolute atomic E-state index is 0.00782. The van der Waals surface area contributed by atoms with Crippen LogP contribution in [-0.4, -0.2) is 29.2 Å². The zero-order chi connectivity index (χ0) is 20.4. The monoisotopic (exact) mass is 386 g/mol. The first kappa shape index (κ1) is 22.1. The lowest BCUT2D eigenvalue weighted by Crippen LogP contribution is -2.29. The van der Waals surface area contributed by atoms with Gasteiger partial charge in [0.1, 0.15) is 0 Å². The lowest BCUT2D eigenvalue weighted by molar-refractivity contribution is -0.138. The maximum Gasteiger partial charge on any atom is 0.229 e. The van der Waals surface area contributed by atoms with Crippen molar-refractivity contribution in [2.45, 2.75) is 84.5 Å². The van der Waals surface area contributed by atoms with Crippen LogP contribution in [0.2, 0.25) is 0 Å². The van der Waals surface area contributed by atoms with E-state index in [1.54, 1.807) is 0 Å². The molecule has 0 spiro atoms. The normalized spacial score (nSPS) is 14.0. The van der Waals surface area contributed by atoms with Gasteiger partial charge in [-0.1, -0.05) is 44.6 Å². The molecule has 1 saturated heterocycles. The van der Waals surface area contributed by atoms with E-state index in [2.05, 4.69) is 19.2 Å². The smallest absolute Gasteiger partial charge is 0.229 e. The molecule has 1 heterocycles. The van der Waals surface area contributed by atoms with E-state index in [1.165, 1.54) is 28.9 Å². The number of anilines is 1. The second kappa shape index (κ2) is 11.6. The molecule has 1 aromatic carbocycles. The second-order valence-corrected chi connectivity index (χ2v) is 7.86. The van der Waals surface area contributed by atoms with Crippen LogP contribution in [0, 0.1) is 13.8 Å². The van der Waals surface area contributed by atoms with E-state index in [9.17, 15) is 14.4 Å². The highest BCUT2D eigenvalue weighted by atomic mass is 16.2. The molecule has 1 aliphatic rings. The number of amides is 3. The van der Waals surface area contributed by atoms with Gasteiger partial charge in [-0.25, -0.2) is 0 Å². The van der Waals surface area contributed by atoms with Crippen LogP contribution in [-0.2, 0) is 14.4 Å². The van der Waals surface area contributed by atoms with Gasteiger partial charge < -0.3 is 5.32 Å². The van der Waals surface area contributed by atoms with E-state index in [-0.39, 0.29) is 17.7 Å². The minimum atomic E-state index is -0.00782. The number of rotatable bonds is 12. The van der Waals surface area contributed by atoms with Crippen LogP contribution in [0.1, 0.15) is 81.8 Å². The van der Waals surface area contributed by atoms with Crippen LogP contribution in [0.3, 0.4) is 0 Å². The van der Waals surface area contributed by atoms with Gasteiger partial charge in [0.15, 0.2) is 0 Å². The molecule has 1 aromatic rings. The predicted molar refractivity (Wildman–Crippen MR) is 112 cm³/mol. The van der Waals surface area contributed by atoms with E-state index in [4.69, 9.17) is 0 Å². The summed E-state index contributed by atoms with van der Waals surface area (Å²) in [5, 5.41) is 2.97. The average Bonchev–Trinajstić information content (AvgIpc) is 2.98. The first-order chi connectivity index (χ1) is 13.5. The summed E-state index contributed by atoms with van der Waals surface area (Å²) in [6.07, 6.45) is 9.99. The van der Waals surface area contributed by atoms with Crippen LogP contribution in [0.5, 0.6) is 0 Å². The Bertz CT molecular complexity index is 668. The highest BCUT2D eigenvalue weighted by Crippen LogP contribution is 2.16. The third kappa shape index (κ3) is 7.45. The SMILES string of the molecule is Cc1ccc(NC(=O)CCCCCCCCCCN2C(=O)CCC2=O)cc1C. The Labute approximate surface area is 168 Å². The van der Waals surface area contributed by atoms with Gasteiger partial charge in [-0.3, -0.25) is 19.3 Å². The Morgan fingerprint density at radius 1 is 0.857 bits per heavy atom. The molecule has 0 aliphatic carbocycles. The van der Waals surface area contributed by atoms with Crippen molar-refractivity contribution in [3.63, 3.8) is 0 Å². The highest BCUT2D eigenvalue weighted by Gasteiger charge is 2.27. The number of nitrogens with one attached hydrogen (secondary N) is 1. The molecule has 0 radical (unpaired) electrons. The average molecular weight is 387 g/mol. The summed E-state index contributed by atoms with van der Waals surface area (Å²) in [4.78, 5) is 36.4. The van der Waals surface area contributed by atoms with Crippen LogP contribution < -0.4 is 5.32 Å². The van der Waals surface area contributed by atoms with Gasteiger partial charge in [0.05, 0.1) is 0 Å². The number of nitrogens with zero attached hydrogens (tertiary/aromatic N) is 1. The third-order valence-electron chi connectivity index (χ3n) is 5.48. The quantitative estimate of drug-likeness (QED) is 0.410. The van der Waals surface area contributed by atoms with E-state index in [0.29, 0.717) is 25.8 Å². The third-order valence-corrected chi connectivity index (χ3v) is 5.48. The molecule has 2 rings (SSSR count). The lowest BCUT2D eigenvalue weighted by Gasteiger charge is -2.13. The topological polar surface area (TPSA) is 66.5 Å². The standard InChI is InChI=1S/C23H34N2O3/c1-18-12-13-20(17-19(18)2)24-21(26)11-9-7-5-3-4-6-8-10-16-25-22(27)14-15-23(25)28/h12-13,17H,3-11,14-16H2,1-2H3,(H,24,26). The van der Waals surface area contributed by atoms with Crippen molar-refractivity contribution in [3.05, 3.63) is 29.3 Å². The minimum Gasteiger partial charge on any atom is -0.326 e. The molecule has 1 aliphatic heterocycles. The van der Waals surface area contributed by atoms with Crippen molar-refractivity contribution in [1.29, 1.82) is 0 Å². The number of carbonyl (C=O) groups is 3. The summed E-state index contributed by atoms with van der Waals surface area (Å²) in [7, 11) is 0. The summed E-state index contributed by atoms with van der Waals surface area (Å²) >= 11 is 0. The molecule has 154 valence electrons. The molecule has 5 heteroatoms. The fraction of sp³-hybridized carbons (Fsp3) is 0.609. The predicted octanol–water partition coefficient (Wildman–Crippen LogP) is 4.90. The number of imide groups is 1. The molecule has 1 N–H and O–H groups in total. The van der Waals surface area contributed by atoms with Crippen molar-refractivity contribution in [2.75, 3.05) is 11.9 Å². The number of unbranched alkanes of at least 4 members (excludes halogenated alkanes) is 7. The zero-order valence-electron chi connectivity index (χ0n) is 17.4. The Balaban J connectivity index is 1.43. The van der Waals surface area contributed by atoms with Crippen molar-refractivity contribution >= 4 is 23.4 Å². The highest BCUT2D eigenvalue weighted by molar-refractivity contribution is 6.01. The van der Waals surface area contributed by atoms with Crippen molar-refractivity contribution in [3.8, 4) is 0 Å². The summed E-state index contributed by atoms with van der Waals surface area (Å²) in [6.45, 7) is 4.71. The Kier molecular flexibility index (Phi) is 9.18. The molecule has 0 aromatic heterocycles. The van der Waals surface area contributed by atoms with Gasteiger partial charge in [0.2, 0.25) is 17.7 Å². The van der Waals surface area contributed by atoms with Gasteiger partial charge in [-0.2, -0.15) is 0 Å². The van der Waals surface area contributed by atoms with Crippen molar-refractivity contribution in [2.24, 2.45) is 0 Å². The van der Waals surface area contributed by atoms with Gasteiger partial charge in [0, 0.05) is 31.5 Å². The van der Waals surface area contributed by atoms with E-state index in [1.807, 2.05) is 18.2 Å². The maximum atomic E-state index is 12.0. The molecule has 5 nitrogen and oxygen atoms in total. The Morgan fingerprint density at radius 2 is 1.43 bits per heavy atom. The Morgan fingerprint density at radius 3 is 2.04 bits per heavy atom. The summed E-state index contributed by atoms with van der Waals surface area (Å²) in [5.74, 6) is 0.0763. The largest absolute Gasteiger partial charge is 0.326 e. The Hall–Kier alpha value is -2.17. The van der Waals surface area contributed by atoms with Gasteiger partial charge in [-0.15, -0.1) is 0 Å². The van der Waals surface area contributed by atoms with Crippen LogP contribution in [0.4, 0.5) is 5.69 Å². The van der Waals surface area contributed by atoms with Gasteiger partial charge in [-0.05, 0) is 49.9 Å². The molecule has 0 unspecified atom stereocenters. The first-order valence-electron chi connectivity index (χ1n) is 10.7. The molecule has 28 heavy (non-hydrogen) atoms. The summed E-state index contributed by atoms with van der Waals surface area (Å²) in [5.41, 5.74) is 3.30. The van der Waals surface area contributed by atoms with E-state index >= 15 is 0 Å². The van der Waals surface area contributed by atoms with E-state index in [0.717, 1.165) is 44.2 Å². The van der Waals surface area contributed by atoms with Crippen molar-refractivity contribution in [1.82, 2.24) is 4.90 Å². The molecule has 0 atom stereocenters. The lowest BCUT2D eigenvalue weighted by atomic mass is 10.1. The zero-order valence-corrected chi connectivity index (χ0v) is 17.4. The fourth-order valence-electron chi connectivity index (χ4n) is 3.53. The van der Waals surface area contributed by atoms with E-state index < -0.39 is 0 Å². The number of hydrogen-bond donors (Lipinski definition) is 1. The first-order valence-corrected chi connectivity index (χ1v) is 10.7. The van der Waals surface area contributed by atoms with Crippen LogP contribution >= 0.6 is 0 Å². The van der Waals surface area contributed by atoms with Crippen LogP contribution in [0.25, 0.3) is 0 Å². The second-order valence-electron chi connectivity index (χ2n) is 7.86. The molecule has 3 amide bonds. The molecular formula is C23H34N2O3. The molecule has 0 saturated carbocycles. The summed E-state index contributed by atoms with van der Waals surface area (Å²) < 4.78 is 0. The number of hydrogen-bond acceptors (Lipinski definition) is 3. The number of aryl methyl sites for hydroxylation is 2. The molecule has 0 bridgehead atoms. The molecule has 1 fully saturated rings. The number of benzene rings is 1. The maximum absolute atomic E-state index is 12.0. The van der Waals surface area contributed by atoms with Gasteiger partial charge in [0.25, 0.3) is 0 Å². The number of carbonyl (C=O) groups excluding carboxylic acids is 3. The van der Waals surface area contributed by atoms with Crippen LogP contribution in [0.15, 0.2) is 18.2 Å². The fourth-order valence-corrected chi connectivity index (χ4v) is 3.53.